The number of nitrogens with zero attached hydrogens (tertiary/aromatic N) is 2. The molecule has 2 aromatic rings. The van der Waals surface area contributed by atoms with Gasteiger partial charge in [0.05, 0.1) is 4.88 Å². The Hall–Kier alpha value is -2.48. The molecule has 0 bridgehead atoms. The molecule has 0 saturated carbocycles. The summed E-state index contributed by atoms with van der Waals surface area (Å²) < 4.78 is 1.50. The van der Waals surface area contributed by atoms with Gasteiger partial charge in [-0.1, -0.05) is 6.07 Å². The van der Waals surface area contributed by atoms with Crippen LogP contribution in [0.15, 0.2) is 28.4 Å². The standard InChI is InChI=1S/C17H22N4O3S/c1-11-10-12(2)21(16(24)19-11)8-7-18-15(23)17(3,4)20-14(22)13-6-5-9-25-13/h5-6,9-10H,7-8H2,1-4H3,(H,18,23)(H,20,22). The third-order valence-corrected chi connectivity index (χ3v) is 4.57. The molecule has 0 radical (unpaired) electrons. The second-order valence-electron chi connectivity index (χ2n) is 6.29. The number of rotatable bonds is 6. The van der Waals surface area contributed by atoms with Gasteiger partial charge in [-0.25, -0.2) is 4.79 Å². The van der Waals surface area contributed by atoms with Crippen molar-refractivity contribution < 1.29 is 9.59 Å². The summed E-state index contributed by atoms with van der Waals surface area (Å²) in [7, 11) is 0. The number of aryl methyl sites for hydroxylation is 2. The summed E-state index contributed by atoms with van der Waals surface area (Å²) in [5.41, 5.74) is 0.0568. The molecular formula is C17H22N4O3S. The van der Waals surface area contributed by atoms with Gasteiger partial charge in [0, 0.05) is 24.5 Å². The van der Waals surface area contributed by atoms with Crippen molar-refractivity contribution in [2.75, 3.05) is 6.54 Å². The Kier molecular flexibility index (Phi) is 5.73. The monoisotopic (exact) mass is 362 g/mol. The predicted octanol–water partition coefficient (Wildman–Crippen LogP) is 1.25. The van der Waals surface area contributed by atoms with Crippen LogP contribution in [0.4, 0.5) is 0 Å². The zero-order valence-electron chi connectivity index (χ0n) is 14.8. The van der Waals surface area contributed by atoms with Crippen LogP contribution < -0.4 is 16.3 Å². The van der Waals surface area contributed by atoms with Crippen LogP contribution in [0.1, 0.15) is 34.9 Å². The molecule has 0 fully saturated rings. The third-order valence-electron chi connectivity index (χ3n) is 3.71. The van der Waals surface area contributed by atoms with Crippen molar-refractivity contribution in [2.45, 2.75) is 39.8 Å². The SMILES string of the molecule is Cc1cc(C)n(CCNC(=O)C(C)(C)NC(=O)c2cccs2)c(=O)n1. The van der Waals surface area contributed by atoms with E-state index < -0.39 is 5.54 Å². The smallest absolute Gasteiger partial charge is 0.348 e. The molecule has 0 aliphatic heterocycles. The molecule has 7 nitrogen and oxygen atoms in total. The molecule has 8 heteroatoms. The van der Waals surface area contributed by atoms with Gasteiger partial charge in [-0.15, -0.1) is 11.3 Å². The van der Waals surface area contributed by atoms with Gasteiger partial charge in [0.1, 0.15) is 5.54 Å². The van der Waals surface area contributed by atoms with Gasteiger partial charge >= 0.3 is 5.69 Å². The summed E-state index contributed by atoms with van der Waals surface area (Å²) in [6.07, 6.45) is 0. The summed E-state index contributed by atoms with van der Waals surface area (Å²) in [6.45, 7) is 7.45. The van der Waals surface area contributed by atoms with Crippen LogP contribution in [0.3, 0.4) is 0 Å². The predicted molar refractivity (Wildman–Crippen MR) is 96.8 cm³/mol. The third kappa shape index (κ3) is 4.76. The Labute approximate surface area is 150 Å². The summed E-state index contributed by atoms with van der Waals surface area (Å²) >= 11 is 1.31. The summed E-state index contributed by atoms with van der Waals surface area (Å²) in [4.78, 5) is 40.8. The van der Waals surface area contributed by atoms with Gasteiger partial charge in [0.15, 0.2) is 0 Å². The first kappa shape index (κ1) is 18.9. The molecule has 2 N–H and O–H groups in total. The second-order valence-corrected chi connectivity index (χ2v) is 7.23. The summed E-state index contributed by atoms with van der Waals surface area (Å²) in [5, 5.41) is 7.27. The van der Waals surface area contributed by atoms with Crippen LogP contribution in [0, 0.1) is 13.8 Å². The number of aromatic nitrogens is 2. The largest absolute Gasteiger partial charge is 0.352 e. The van der Waals surface area contributed by atoms with E-state index in [1.807, 2.05) is 13.0 Å². The Morgan fingerprint density at radius 2 is 2.04 bits per heavy atom. The number of amides is 2. The van der Waals surface area contributed by atoms with Gasteiger partial charge in [-0.3, -0.25) is 14.2 Å². The normalized spacial score (nSPS) is 11.2. The Bertz CT molecular complexity index is 825. The van der Waals surface area contributed by atoms with Gasteiger partial charge in [0.25, 0.3) is 5.91 Å². The van der Waals surface area contributed by atoms with Gasteiger partial charge in [-0.05, 0) is 45.2 Å². The topological polar surface area (TPSA) is 93.1 Å². The first-order valence-electron chi connectivity index (χ1n) is 7.90. The number of nitrogens with one attached hydrogen (secondary N) is 2. The Morgan fingerprint density at radius 1 is 1.32 bits per heavy atom. The van der Waals surface area contributed by atoms with Crippen molar-refractivity contribution in [3.05, 3.63) is 50.3 Å². The quantitative estimate of drug-likeness (QED) is 0.809. The summed E-state index contributed by atoms with van der Waals surface area (Å²) in [5.74, 6) is -0.604. The first-order valence-corrected chi connectivity index (χ1v) is 8.78. The maximum atomic E-state index is 12.4. The molecule has 0 spiro atoms. The maximum Gasteiger partial charge on any atom is 0.348 e. The lowest BCUT2D eigenvalue weighted by atomic mass is 10.0. The second kappa shape index (κ2) is 7.60. The van der Waals surface area contributed by atoms with E-state index in [-0.39, 0.29) is 24.0 Å². The molecule has 134 valence electrons. The molecule has 2 aromatic heterocycles. The number of hydrogen-bond donors (Lipinski definition) is 2. The van der Waals surface area contributed by atoms with Crippen molar-refractivity contribution in [1.82, 2.24) is 20.2 Å². The van der Waals surface area contributed by atoms with E-state index in [9.17, 15) is 14.4 Å². The van der Waals surface area contributed by atoms with E-state index >= 15 is 0 Å². The van der Waals surface area contributed by atoms with Gasteiger partial charge in [-0.2, -0.15) is 4.98 Å². The van der Waals surface area contributed by atoms with Crippen LogP contribution in [-0.2, 0) is 11.3 Å². The molecule has 0 atom stereocenters. The lowest BCUT2D eigenvalue weighted by Crippen LogP contribution is -2.55. The van der Waals surface area contributed by atoms with Crippen LogP contribution in [0.2, 0.25) is 0 Å². The molecule has 2 rings (SSSR count). The number of hydrogen-bond acceptors (Lipinski definition) is 5. The van der Waals surface area contributed by atoms with E-state index in [1.54, 1.807) is 38.3 Å². The molecule has 0 unspecified atom stereocenters. The van der Waals surface area contributed by atoms with Crippen molar-refractivity contribution in [2.24, 2.45) is 0 Å². The highest BCUT2D eigenvalue weighted by Gasteiger charge is 2.29. The molecule has 0 aromatic carbocycles. The first-order chi connectivity index (χ1) is 11.7. The van der Waals surface area contributed by atoms with Crippen molar-refractivity contribution in [3.63, 3.8) is 0 Å². The molecular weight excluding hydrogens is 340 g/mol. The average Bonchev–Trinajstić information content (AvgIpc) is 3.03. The minimum Gasteiger partial charge on any atom is -0.352 e. The molecule has 0 saturated heterocycles. The van der Waals surface area contributed by atoms with Gasteiger partial charge in [0.2, 0.25) is 5.91 Å². The molecule has 0 aliphatic rings. The fraction of sp³-hybridized carbons (Fsp3) is 0.412. The van der Waals surface area contributed by atoms with Crippen molar-refractivity contribution in [1.29, 1.82) is 0 Å². The minimum atomic E-state index is -1.06. The summed E-state index contributed by atoms with van der Waals surface area (Å²) in [6, 6.07) is 5.30. The molecule has 2 heterocycles. The zero-order chi connectivity index (χ0) is 18.6. The lowest BCUT2D eigenvalue weighted by molar-refractivity contribution is -0.126. The van der Waals surface area contributed by atoms with Crippen LogP contribution >= 0.6 is 11.3 Å². The zero-order valence-corrected chi connectivity index (χ0v) is 15.6. The fourth-order valence-electron chi connectivity index (χ4n) is 2.36. The highest BCUT2D eigenvalue weighted by atomic mass is 32.1. The highest BCUT2D eigenvalue weighted by molar-refractivity contribution is 7.12. The van der Waals surface area contributed by atoms with E-state index in [0.29, 0.717) is 17.1 Å². The van der Waals surface area contributed by atoms with Crippen LogP contribution in [-0.4, -0.2) is 33.4 Å². The van der Waals surface area contributed by atoms with E-state index in [0.717, 1.165) is 5.69 Å². The van der Waals surface area contributed by atoms with E-state index in [4.69, 9.17) is 0 Å². The van der Waals surface area contributed by atoms with E-state index in [1.165, 1.54) is 15.9 Å². The average molecular weight is 362 g/mol. The number of carbonyl (C=O) groups excluding carboxylic acids is 2. The van der Waals surface area contributed by atoms with Crippen molar-refractivity contribution >= 4 is 23.2 Å². The Balaban J connectivity index is 1.93. The van der Waals surface area contributed by atoms with Crippen molar-refractivity contribution in [3.8, 4) is 0 Å². The van der Waals surface area contributed by atoms with E-state index in [2.05, 4.69) is 15.6 Å². The lowest BCUT2D eigenvalue weighted by Gasteiger charge is -2.25. The highest BCUT2D eigenvalue weighted by Crippen LogP contribution is 2.11. The van der Waals surface area contributed by atoms with Crippen LogP contribution in [0.25, 0.3) is 0 Å². The number of thiophene rings is 1. The maximum absolute atomic E-state index is 12.4. The van der Waals surface area contributed by atoms with Gasteiger partial charge < -0.3 is 10.6 Å². The molecule has 2 amide bonds. The molecule has 25 heavy (non-hydrogen) atoms. The molecule has 0 aliphatic carbocycles. The number of carbonyl (C=O) groups is 2. The fourth-order valence-corrected chi connectivity index (χ4v) is 2.98. The minimum absolute atomic E-state index is 0.266. The Morgan fingerprint density at radius 3 is 2.64 bits per heavy atom. The van der Waals surface area contributed by atoms with Crippen LogP contribution in [0.5, 0.6) is 0 Å².